The van der Waals surface area contributed by atoms with Crippen LogP contribution in [0.1, 0.15) is 0 Å². The van der Waals surface area contributed by atoms with E-state index in [-0.39, 0.29) is 0 Å². The molecule has 0 unspecified atom stereocenters. The van der Waals surface area contributed by atoms with Gasteiger partial charge in [0.05, 0.1) is 16.9 Å². The number of rotatable bonds is 8. The van der Waals surface area contributed by atoms with Gasteiger partial charge in [0, 0.05) is 38.4 Å². The molecule has 0 aliphatic heterocycles. The summed E-state index contributed by atoms with van der Waals surface area (Å²) in [6, 6.07) is 82.7. The van der Waals surface area contributed by atoms with Gasteiger partial charge in [0.25, 0.3) is 0 Å². The predicted octanol–water partition coefficient (Wildman–Crippen LogP) is 16.3. The molecule has 0 fully saturated rings. The number of para-hydroxylation sites is 1. The molecule has 4 heteroatoms. The highest BCUT2D eigenvalue weighted by Gasteiger charge is 2.19. The third-order valence-electron chi connectivity index (χ3n) is 12.3. The van der Waals surface area contributed by atoms with Crippen LogP contribution in [0.15, 0.2) is 241 Å². The van der Waals surface area contributed by atoms with Crippen LogP contribution in [0.2, 0.25) is 0 Å². The Morgan fingerprint density at radius 1 is 0.277 bits per heavy atom. The van der Waals surface area contributed by atoms with Crippen molar-refractivity contribution in [1.29, 1.82) is 0 Å². The number of hydrogen-bond acceptors (Lipinski definition) is 4. The minimum Gasteiger partial charge on any atom is -0.454 e. The summed E-state index contributed by atoms with van der Waals surface area (Å²) in [5.41, 5.74) is 18.2. The molecule has 0 bridgehead atoms. The van der Waals surface area contributed by atoms with E-state index in [0.29, 0.717) is 5.82 Å². The van der Waals surface area contributed by atoms with Gasteiger partial charge in [-0.3, -0.25) is 0 Å². The van der Waals surface area contributed by atoms with Gasteiger partial charge in [-0.25, -0.2) is 15.0 Å². The van der Waals surface area contributed by atoms with E-state index >= 15 is 0 Å². The first-order valence-corrected chi connectivity index (χ1v) is 21.9. The van der Waals surface area contributed by atoms with Crippen molar-refractivity contribution in [3.63, 3.8) is 0 Å². The molecule has 65 heavy (non-hydrogen) atoms. The first-order chi connectivity index (χ1) is 32.2. The van der Waals surface area contributed by atoms with Crippen LogP contribution in [0.3, 0.4) is 0 Å². The number of pyridine rings is 1. The van der Waals surface area contributed by atoms with Gasteiger partial charge in [0.15, 0.2) is 11.4 Å². The summed E-state index contributed by atoms with van der Waals surface area (Å²) in [5, 5.41) is 3.23. The second-order valence-corrected chi connectivity index (χ2v) is 16.4. The summed E-state index contributed by atoms with van der Waals surface area (Å²) in [6.07, 6.45) is 0. The molecule has 0 aliphatic rings. The molecule has 0 saturated heterocycles. The van der Waals surface area contributed by atoms with E-state index in [1.165, 1.54) is 11.1 Å². The first kappa shape index (κ1) is 38.0. The van der Waals surface area contributed by atoms with Gasteiger partial charge in [-0.05, 0) is 68.8 Å². The molecule has 3 heterocycles. The maximum atomic E-state index is 6.63. The lowest BCUT2D eigenvalue weighted by Gasteiger charge is -2.12. The van der Waals surface area contributed by atoms with E-state index in [4.69, 9.17) is 19.4 Å². The second kappa shape index (κ2) is 16.2. The Kier molecular flexibility index (Phi) is 9.46. The summed E-state index contributed by atoms with van der Waals surface area (Å²) < 4.78 is 6.63. The molecule has 0 saturated carbocycles. The molecule has 9 aromatic carbocycles. The van der Waals surface area contributed by atoms with Gasteiger partial charge >= 0.3 is 0 Å². The van der Waals surface area contributed by atoms with Crippen molar-refractivity contribution in [1.82, 2.24) is 15.0 Å². The Balaban J connectivity index is 0.922. The Labute approximate surface area is 376 Å². The van der Waals surface area contributed by atoms with E-state index in [9.17, 15) is 0 Å². The molecular formula is C61H39N3O. The molecule has 0 amide bonds. The van der Waals surface area contributed by atoms with Gasteiger partial charge < -0.3 is 4.42 Å². The van der Waals surface area contributed by atoms with Crippen LogP contribution in [0.5, 0.6) is 0 Å². The largest absolute Gasteiger partial charge is 0.454 e. The average molecular weight is 830 g/mol. The number of aromatic nitrogens is 3. The van der Waals surface area contributed by atoms with Crippen LogP contribution in [-0.2, 0) is 0 Å². The highest BCUT2D eigenvalue weighted by molar-refractivity contribution is 6.21. The maximum absolute atomic E-state index is 6.63. The van der Waals surface area contributed by atoms with Crippen molar-refractivity contribution < 1.29 is 4.42 Å². The molecule has 0 atom stereocenters. The van der Waals surface area contributed by atoms with Crippen molar-refractivity contribution in [2.75, 3.05) is 0 Å². The summed E-state index contributed by atoms with van der Waals surface area (Å²) in [4.78, 5) is 15.7. The Hall–Kier alpha value is -8.73. The average Bonchev–Trinajstić information content (AvgIpc) is 3.79. The van der Waals surface area contributed by atoms with E-state index in [1.54, 1.807) is 0 Å². The fourth-order valence-electron chi connectivity index (χ4n) is 8.95. The van der Waals surface area contributed by atoms with E-state index in [2.05, 4.69) is 206 Å². The summed E-state index contributed by atoms with van der Waals surface area (Å²) in [6.45, 7) is 0. The van der Waals surface area contributed by atoms with Crippen LogP contribution < -0.4 is 0 Å². The molecule has 0 N–H and O–H groups in total. The van der Waals surface area contributed by atoms with Gasteiger partial charge in [-0.15, -0.1) is 0 Å². The van der Waals surface area contributed by atoms with E-state index < -0.39 is 0 Å². The lowest BCUT2D eigenvalue weighted by Crippen LogP contribution is -1.96. The first-order valence-electron chi connectivity index (χ1n) is 21.9. The molecule has 12 aromatic rings. The highest BCUT2D eigenvalue weighted by Crippen LogP contribution is 2.41. The molecule has 3 aromatic heterocycles. The fourth-order valence-corrected chi connectivity index (χ4v) is 8.95. The minimum atomic E-state index is 0.666. The quantitative estimate of drug-likeness (QED) is 0.153. The Bertz CT molecular complexity index is 3560. The standard InChI is InChI=1S/C61H39N3O/c1-4-13-40(14-5-1)43-23-29-46(30-24-43)54-39-55(47-31-25-44(26-32-47)41-15-6-2-7-16-41)64-61(63-54)48-33-27-45(28-34-48)49-19-12-20-51(37-49)59-60-58(53-21-10-11-22-57(53)65-60)52-36-35-50(38-56(52)62-59)42-17-8-3-9-18-42/h1-39H. The van der Waals surface area contributed by atoms with Crippen molar-refractivity contribution in [2.24, 2.45) is 0 Å². The van der Waals surface area contributed by atoms with Crippen LogP contribution >= 0.6 is 0 Å². The molecule has 0 aliphatic carbocycles. The highest BCUT2D eigenvalue weighted by atomic mass is 16.3. The van der Waals surface area contributed by atoms with E-state index in [0.717, 1.165) is 106 Å². The monoisotopic (exact) mass is 829 g/mol. The number of fused-ring (bicyclic) bond motifs is 5. The molecular weight excluding hydrogens is 791 g/mol. The third kappa shape index (κ3) is 7.23. The second-order valence-electron chi connectivity index (χ2n) is 16.4. The number of furan rings is 1. The van der Waals surface area contributed by atoms with Crippen molar-refractivity contribution in [3.8, 4) is 89.7 Å². The zero-order valence-corrected chi connectivity index (χ0v) is 35.3. The number of benzene rings is 9. The smallest absolute Gasteiger partial charge is 0.162 e. The van der Waals surface area contributed by atoms with Crippen molar-refractivity contribution in [3.05, 3.63) is 237 Å². The van der Waals surface area contributed by atoms with Crippen LogP contribution in [0.4, 0.5) is 0 Å². The Morgan fingerprint density at radius 3 is 1.31 bits per heavy atom. The number of hydrogen-bond donors (Lipinski definition) is 0. The number of nitrogens with zero attached hydrogens (tertiary/aromatic N) is 3. The summed E-state index contributed by atoms with van der Waals surface area (Å²) >= 11 is 0. The zero-order valence-electron chi connectivity index (χ0n) is 35.3. The van der Waals surface area contributed by atoms with E-state index in [1.807, 2.05) is 30.3 Å². The zero-order chi connectivity index (χ0) is 43.1. The Morgan fingerprint density at radius 2 is 0.708 bits per heavy atom. The lowest BCUT2D eigenvalue weighted by atomic mass is 9.97. The van der Waals surface area contributed by atoms with Crippen LogP contribution in [0.25, 0.3) is 123 Å². The predicted molar refractivity (Wildman–Crippen MR) is 268 cm³/mol. The summed E-state index contributed by atoms with van der Waals surface area (Å²) in [7, 11) is 0. The topological polar surface area (TPSA) is 51.8 Å². The van der Waals surface area contributed by atoms with Crippen LogP contribution in [-0.4, -0.2) is 15.0 Å². The molecule has 304 valence electrons. The summed E-state index contributed by atoms with van der Waals surface area (Å²) in [5.74, 6) is 0.666. The molecule has 0 radical (unpaired) electrons. The van der Waals surface area contributed by atoms with Gasteiger partial charge in [-0.1, -0.05) is 212 Å². The fraction of sp³-hybridized carbons (Fsp3) is 0. The van der Waals surface area contributed by atoms with Crippen LogP contribution in [0, 0.1) is 0 Å². The van der Waals surface area contributed by atoms with Crippen molar-refractivity contribution in [2.45, 2.75) is 0 Å². The normalized spacial score (nSPS) is 11.4. The molecule has 4 nitrogen and oxygen atoms in total. The maximum Gasteiger partial charge on any atom is 0.162 e. The third-order valence-corrected chi connectivity index (χ3v) is 12.3. The van der Waals surface area contributed by atoms with Crippen molar-refractivity contribution >= 4 is 32.8 Å². The molecule has 12 rings (SSSR count). The molecule has 0 spiro atoms. The van der Waals surface area contributed by atoms with Gasteiger partial charge in [-0.2, -0.15) is 0 Å². The lowest BCUT2D eigenvalue weighted by molar-refractivity contribution is 0.669. The van der Waals surface area contributed by atoms with Gasteiger partial charge in [0.1, 0.15) is 11.3 Å². The minimum absolute atomic E-state index is 0.666. The SMILES string of the molecule is c1ccc(-c2ccc(-c3cc(-c4ccc(-c5ccccc5)cc4)nc(-c4ccc(-c5cccc(-c6nc7cc(-c8ccccc8)ccc7c7c6oc6ccccc67)c5)cc4)n3)cc2)cc1. The van der Waals surface area contributed by atoms with Gasteiger partial charge in [0.2, 0.25) is 0 Å².